The Bertz CT molecular complexity index is 706. The Balaban J connectivity index is 2.26. The van der Waals surface area contributed by atoms with Gasteiger partial charge in [0.05, 0.1) is 16.4 Å². The van der Waals surface area contributed by atoms with Crippen LogP contribution in [0.2, 0.25) is 5.02 Å². The molecule has 5 heteroatoms. The highest BCUT2D eigenvalue weighted by Gasteiger charge is 2.13. The maximum Gasteiger partial charge on any atom is 0.137 e. The molecule has 0 saturated heterocycles. The smallest absolute Gasteiger partial charge is 0.137 e. The number of fused-ring (bicyclic) bond motifs is 1. The number of nitrogens with two attached hydrogens (primary N) is 1. The first-order chi connectivity index (χ1) is 9.29. The van der Waals surface area contributed by atoms with E-state index in [0.717, 1.165) is 29.0 Å². The fraction of sp³-hybridized carbons (Fsp3) is 0.143. The van der Waals surface area contributed by atoms with Gasteiger partial charge in [-0.3, -0.25) is 4.98 Å². The normalized spacial score (nSPS) is 11.1. The van der Waals surface area contributed by atoms with Gasteiger partial charge >= 0.3 is 0 Å². The van der Waals surface area contributed by atoms with Gasteiger partial charge in [0.25, 0.3) is 0 Å². The summed E-state index contributed by atoms with van der Waals surface area (Å²) in [7, 11) is 0. The molecule has 0 radical (unpaired) electrons. The van der Waals surface area contributed by atoms with Crippen molar-refractivity contribution >= 4 is 17.2 Å². The standard InChI is InChI=1S/C14H13ClN4/c15-11-1-2-13-18-14(10-4-7-17-8-5-10)12(3-6-16)19(13)9-11/h1-2,4-5,7-9H,3,6,16H2. The number of imidazole rings is 1. The summed E-state index contributed by atoms with van der Waals surface area (Å²) in [5, 5.41) is 0.685. The van der Waals surface area contributed by atoms with E-state index in [1.807, 2.05) is 34.9 Å². The van der Waals surface area contributed by atoms with Crippen LogP contribution in [0.4, 0.5) is 0 Å². The fourth-order valence-electron chi connectivity index (χ4n) is 2.18. The van der Waals surface area contributed by atoms with E-state index in [2.05, 4.69) is 9.97 Å². The molecule has 19 heavy (non-hydrogen) atoms. The molecule has 0 spiro atoms. The second kappa shape index (κ2) is 4.99. The molecule has 0 atom stereocenters. The summed E-state index contributed by atoms with van der Waals surface area (Å²) in [5.74, 6) is 0. The van der Waals surface area contributed by atoms with Gasteiger partial charge in [0.1, 0.15) is 5.65 Å². The van der Waals surface area contributed by atoms with Crippen LogP contribution in [-0.4, -0.2) is 20.9 Å². The van der Waals surface area contributed by atoms with E-state index in [1.165, 1.54) is 0 Å². The van der Waals surface area contributed by atoms with E-state index in [-0.39, 0.29) is 0 Å². The molecule has 4 nitrogen and oxygen atoms in total. The van der Waals surface area contributed by atoms with Crippen LogP contribution in [0.3, 0.4) is 0 Å². The summed E-state index contributed by atoms with van der Waals surface area (Å²) in [6, 6.07) is 7.65. The second-order valence-corrected chi connectivity index (χ2v) is 4.69. The molecule has 0 saturated carbocycles. The van der Waals surface area contributed by atoms with Gasteiger partial charge in [0.15, 0.2) is 0 Å². The highest BCUT2D eigenvalue weighted by Crippen LogP contribution is 2.25. The van der Waals surface area contributed by atoms with Crippen molar-refractivity contribution in [1.82, 2.24) is 14.4 Å². The van der Waals surface area contributed by atoms with Crippen LogP contribution in [0.5, 0.6) is 0 Å². The average Bonchev–Trinajstić information content (AvgIpc) is 2.79. The second-order valence-electron chi connectivity index (χ2n) is 4.26. The molecular formula is C14H13ClN4. The quantitative estimate of drug-likeness (QED) is 0.797. The molecule has 0 aliphatic rings. The van der Waals surface area contributed by atoms with Gasteiger partial charge in [-0.15, -0.1) is 0 Å². The van der Waals surface area contributed by atoms with E-state index < -0.39 is 0 Å². The third-order valence-electron chi connectivity index (χ3n) is 3.02. The number of hydrogen-bond donors (Lipinski definition) is 1. The SMILES string of the molecule is NCCc1c(-c2ccncc2)nc2ccc(Cl)cn12. The van der Waals surface area contributed by atoms with Gasteiger partial charge in [-0.2, -0.15) is 0 Å². The number of aromatic nitrogens is 3. The number of pyridine rings is 2. The predicted molar refractivity (Wildman–Crippen MR) is 76.2 cm³/mol. The molecule has 2 N–H and O–H groups in total. The van der Waals surface area contributed by atoms with Crippen molar-refractivity contribution < 1.29 is 0 Å². The Labute approximate surface area is 115 Å². The predicted octanol–water partition coefficient (Wildman–Crippen LogP) is 2.55. The Morgan fingerprint density at radius 1 is 1.16 bits per heavy atom. The minimum absolute atomic E-state index is 0.568. The van der Waals surface area contributed by atoms with Gasteiger partial charge in [-0.25, -0.2) is 4.98 Å². The minimum atomic E-state index is 0.568. The third kappa shape index (κ3) is 2.20. The molecule has 0 aliphatic carbocycles. The Kier molecular flexibility index (Phi) is 3.19. The number of nitrogens with zero attached hydrogens (tertiary/aromatic N) is 3. The molecule has 0 fully saturated rings. The molecule has 3 aromatic heterocycles. The highest BCUT2D eigenvalue weighted by atomic mass is 35.5. The Morgan fingerprint density at radius 2 is 1.95 bits per heavy atom. The first kappa shape index (κ1) is 12.1. The molecular weight excluding hydrogens is 260 g/mol. The zero-order valence-corrected chi connectivity index (χ0v) is 11.0. The maximum atomic E-state index is 6.06. The average molecular weight is 273 g/mol. The molecule has 0 bridgehead atoms. The van der Waals surface area contributed by atoms with Gasteiger partial charge in [0.2, 0.25) is 0 Å². The third-order valence-corrected chi connectivity index (χ3v) is 3.24. The van der Waals surface area contributed by atoms with E-state index >= 15 is 0 Å². The zero-order valence-electron chi connectivity index (χ0n) is 10.3. The monoisotopic (exact) mass is 272 g/mol. The number of halogens is 1. The first-order valence-electron chi connectivity index (χ1n) is 6.06. The van der Waals surface area contributed by atoms with Crippen molar-refractivity contribution in [2.45, 2.75) is 6.42 Å². The van der Waals surface area contributed by atoms with Crippen molar-refractivity contribution in [3.05, 3.63) is 53.6 Å². The summed E-state index contributed by atoms with van der Waals surface area (Å²) in [6.45, 7) is 0.568. The molecule has 0 aliphatic heterocycles. The molecule has 0 amide bonds. The van der Waals surface area contributed by atoms with Gasteiger partial charge < -0.3 is 10.1 Å². The summed E-state index contributed by atoms with van der Waals surface area (Å²) >= 11 is 6.06. The van der Waals surface area contributed by atoms with E-state index in [9.17, 15) is 0 Å². The minimum Gasteiger partial charge on any atom is -0.330 e. The van der Waals surface area contributed by atoms with Gasteiger partial charge in [-0.1, -0.05) is 11.6 Å². The summed E-state index contributed by atoms with van der Waals surface area (Å²) in [5.41, 5.74) is 9.64. The van der Waals surface area contributed by atoms with Crippen molar-refractivity contribution in [3.8, 4) is 11.3 Å². The van der Waals surface area contributed by atoms with Crippen LogP contribution in [0.1, 0.15) is 5.69 Å². The van der Waals surface area contributed by atoms with Crippen LogP contribution in [0, 0.1) is 0 Å². The molecule has 0 unspecified atom stereocenters. The zero-order chi connectivity index (χ0) is 13.2. The summed E-state index contributed by atoms with van der Waals surface area (Å²) in [4.78, 5) is 8.70. The lowest BCUT2D eigenvalue weighted by Crippen LogP contribution is -2.06. The van der Waals surface area contributed by atoms with E-state index in [4.69, 9.17) is 17.3 Å². The fourth-order valence-corrected chi connectivity index (χ4v) is 2.34. The lowest BCUT2D eigenvalue weighted by Gasteiger charge is -2.03. The van der Waals surface area contributed by atoms with Crippen molar-refractivity contribution in [2.75, 3.05) is 6.54 Å². The van der Waals surface area contributed by atoms with Crippen LogP contribution in [0.15, 0.2) is 42.9 Å². The molecule has 3 heterocycles. The van der Waals surface area contributed by atoms with Gasteiger partial charge in [0, 0.05) is 30.6 Å². The lowest BCUT2D eigenvalue weighted by molar-refractivity contribution is 0.907. The Morgan fingerprint density at radius 3 is 2.68 bits per heavy atom. The first-order valence-corrected chi connectivity index (χ1v) is 6.44. The lowest BCUT2D eigenvalue weighted by atomic mass is 10.1. The number of rotatable bonds is 3. The summed E-state index contributed by atoms with van der Waals surface area (Å²) < 4.78 is 2.00. The van der Waals surface area contributed by atoms with E-state index in [1.54, 1.807) is 12.4 Å². The van der Waals surface area contributed by atoms with Crippen molar-refractivity contribution in [3.63, 3.8) is 0 Å². The molecule has 3 aromatic rings. The van der Waals surface area contributed by atoms with Crippen LogP contribution in [-0.2, 0) is 6.42 Å². The van der Waals surface area contributed by atoms with Crippen LogP contribution < -0.4 is 5.73 Å². The number of hydrogen-bond acceptors (Lipinski definition) is 3. The van der Waals surface area contributed by atoms with Gasteiger partial charge in [-0.05, 0) is 30.8 Å². The molecule has 0 aromatic carbocycles. The Hall–Kier alpha value is -1.91. The maximum absolute atomic E-state index is 6.06. The molecule has 3 rings (SSSR count). The molecule has 96 valence electrons. The van der Waals surface area contributed by atoms with Crippen molar-refractivity contribution in [1.29, 1.82) is 0 Å². The van der Waals surface area contributed by atoms with Crippen LogP contribution in [0.25, 0.3) is 16.9 Å². The largest absolute Gasteiger partial charge is 0.330 e. The van der Waals surface area contributed by atoms with Crippen molar-refractivity contribution in [2.24, 2.45) is 5.73 Å². The van der Waals surface area contributed by atoms with E-state index in [0.29, 0.717) is 11.6 Å². The summed E-state index contributed by atoms with van der Waals surface area (Å²) in [6.07, 6.45) is 6.15. The topological polar surface area (TPSA) is 56.2 Å². The highest BCUT2D eigenvalue weighted by molar-refractivity contribution is 6.30. The van der Waals surface area contributed by atoms with Crippen LogP contribution >= 0.6 is 11.6 Å².